The minimum Gasteiger partial charge on any atom is -0.458 e. The second kappa shape index (κ2) is 5.57. The number of allylic oxidation sites excluding steroid dienone is 1. The second-order valence-corrected chi connectivity index (χ2v) is 3.23. The van der Waals surface area contributed by atoms with Gasteiger partial charge in [-0.15, -0.1) is 0 Å². The van der Waals surface area contributed by atoms with Crippen LogP contribution in [-0.4, -0.2) is 12.6 Å². The van der Waals surface area contributed by atoms with E-state index in [1.165, 1.54) is 19.3 Å². The molecule has 0 fully saturated rings. The molecule has 1 aliphatic rings. The van der Waals surface area contributed by atoms with E-state index < -0.39 is 0 Å². The van der Waals surface area contributed by atoms with Gasteiger partial charge in [0.2, 0.25) is 0 Å². The van der Waals surface area contributed by atoms with Crippen molar-refractivity contribution in [1.29, 1.82) is 0 Å². The molecule has 0 unspecified atom stereocenters. The molecule has 72 valence electrons. The van der Waals surface area contributed by atoms with Crippen LogP contribution in [0.1, 0.15) is 32.6 Å². The van der Waals surface area contributed by atoms with E-state index in [-0.39, 0.29) is 5.97 Å². The first-order valence-corrected chi connectivity index (χ1v) is 4.87. The molecular weight excluding hydrogens is 164 g/mol. The molecule has 1 rings (SSSR count). The molecule has 0 spiro atoms. The normalized spacial score (nSPS) is 16.4. The number of carbonyl (C=O) groups is 1. The van der Waals surface area contributed by atoms with Crippen LogP contribution in [-0.2, 0) is 9.53 Å². The van der Waals surface area contributed by atoms with Crippen LogP contribution in [0.5, 0.6) is 0 Å². The Bertz CT molecular complexity index is 226. The van der Waals surface area contributed by atoms with Crippen molar-refractivity contribution in [2.75, 3.05) is 6.61 Å². The van der Waals surface area contributed by atoms with Crippen LogP contribution >= 0.6 is 0 Å². The first-order chi connectivity index (χ1) is 6.33. The topological polar surface area (TPSA) is 26.3 Å². The van der Waals surface area contributed by atoms with Gasteiger partial charge in [-0.05, 0) is 18.4 Å². The van der Waals surface area contributed by atoms with Gasteiger partial charge in [0.15, 0.2) is 0 Å². The van der Waals surface area contributed by atoms with E-state index in [0.29, 0.717) is 6.61 Å². The maximum Gasteiger partial charge on any atom is 0.331 e. The number of cyclic esters (lactones) is 1. The van der Waals surface area contributed by atoms with Crippen molar-refractivity contribution in [2.45, 2.75) is 32.6 Å². The fourth-order valence-electron chi connectivity index (χ4n) is 1.23. The molecule has 0 bridgehead atoms. The molecule has 0 atom stereocenters. The lowest BCUT2D eigenvalue weighted by Crippen LogP contribution is -1.90. The van der Waals surface area contributed by atoms with Gasteiger partial charge in [0.05, 0.1) is 0 Å². The summed E-state index contributed by atoms with van der Waals surface area (Å²) in [4.78, 5) is 10.7. The van der Waals surface area contributed by atoms with E-state index in [0.717, 1.165) is 12.0 Å². The standard InChI is InChI=1S/C11H16O2/c1-2-3-4-5-6-7-10-8-11(12)13-9-10/h6-8H,2-5,9H2,1H3/b7-6+. The van der Waals surface area contributed by atoms with Gasteiger partial charge in [0.25, 0.3) is 0 Å². The number of unbranched alkanes of at least 4 members (excludes halogenated alkanes) is 3. The lowest BCUT2D eigenvalue weighted by Gasteiger charge is -1.92. The summed E-state index contributed by atoms with van der Waals surface area (Å²) in [5.74, 6) is -0.215. The highest BCUT2D eigenvalue weighted by Gasteiger charge is 2.08. The minimum atomic E-state index is -0.215. The SMILES string of the molecule is CCCCC/C=C/C1=CC(=O)OC1. The second-order valence-electron chi connectivity index (χ2n) is 3.23. The van der Waals surface area contributed by atoms with E-state index in [2.05, 4.69) is 13.0 Å². The van der Waals surface area contributed by atoms with Crippen molar-refractivity contribution in [1.82, 2.24) is 0 Å². The first kappa shape index (κ1) is 10.0. The van der Waals surface area contributed by atoms with Crippen LogP contribution in [0.3, 0.4) is 0 Å². The number of esters is 1. The minimum absolute atomic E-state index is 0.215. The number of carbonyl (C=O) groups excluding carboxylic acids is 1. The summed E-state index contributed by atoms with van der Waals surface area (Å²) >= 11 is 0. The Balaban J connectivity index is 2.17. The van der Waals surface area contributed by atoms with Crippen LogP contribution in [0.2, 0.25) is 0 Å². The Hall–Kier alpha value is -1.05. The number of ether oxygens (including phenoxy) is 1. The number of hydrogen-bond acceptors (Lipinski definition) is 2. The molecule has 0 radical (unpaired) electrons. The van der Waals surface area contributed by atoms with Gasteiger partial charge in [0, 0.05) is 6.08 Å². The highest BCUT2D eigenvalue weighted by atomic mass is 16.5. The summed E-state index contributed by atoms with van der Waals surface area (Å²) in [5, 5.41) is 0. The Labute approximate surface area is 79.3 Å². The van der Waals surface area contributed by atoms with Crippen LogP contribution < -0.4 is 0 Å². The zero-order chi connectivity index (χ0) is 9.52. The van der Waals surface area contributed by atoms with Crippen LogP contribution in [0.15, 0.2) is 23.8 Å². The molecule has 0 saturated heterocycles. The zero-order valence-corrected chi connectivity index (χ0v) is 8.08. The Morgan fingerprint density at radius 1 is 1.54 bits per heavy atom. The smallest absolute Gasteiger partial charge is 0.331 e. The lowest BCUT2D eigenvalue weighted by molar-refractivity contribution is -0.134. The quantitative estimate of drug-likeness (QED) is 0.480. The van der Waals surface area contributed by atoms with Gasteiger partial charge in [0.1, 0.15) is 6.61 Å². The van der Waals surface area contributed by atoms with Crippen LogP contribution in [0.25, 0.3) is 0 Å². The van der Waals surface area contributed by atoms with Gasteiger partial charge < -0.3 is 4.74 Å². The lowest BCUT2D eigenvalue weighted by atomic mass is 10.2. The third-order valence-electron chi connectivity index (χ3n) is 1.99. The monoisotopic (exact) mass is 180 g/mol. The molecule has 0 aromatic carbocycles. The van der Waals surface area contributed by atoms with Crippen molar-refractivity contribution in [2.24, 2.45) is 0 Å². The van der Waals surface area contributed by atoms with Crippen molar-refractivity contribution in [3.05, 3.63) is 23.8 Å². The van der Waals surface area contributed by atoms with E-state index in [1.807, 2.05) is 6.08 Å². The third kappa shape index (κ3) is 3.92. The van der Waals surface area contributed by atoms with Gasteiger partial charge in [-0.1, -0.05) is 31.9 Å². The predicted octanol–water partition coefficient (Wildman–Crippen LogP) is 2.61. The number of rotatable bonds is 5. The molecule has 1 heterocycles. The highest BCUT2D eigenvalue weighted by molar-refractivity contribution is 5.85. The Kier molecular flexibility index (Phi) is 4.30. The molecule has 2 heteroatoms. The summed E-state index contributed by atoms with van der Waals surface area (Å²) < 4.78 is 4.76. The van der Waals surface area contributed by atoms with Crippen molar-refractivity contribution < 1.29 is 9.53 Å². The molecule has 0 aromatic rings. The van der Waals surface area contributed by atoms with E-state index in [4.69, 9.17) is 4.74 Å². The summed E-state index contributed by atoms with van der Waals surface area (Å²) in [5.41, 5.74) is 0.987. The average molecular weight is 180 g/mol. The molecule has 0 N–H and O–H groups in total. The first-order valence-electron chi connectivity index (χ1n) is 4.87. The largest absolute Gasteiger partial charge is 0.458 e. The molecule has 0 aliphatic carbocycles. The molecule has 0 aromatic heterocycles. The van der Waals surface area contributed by atoms with Crippen LogP contribution in [0, 0.1) is 0 Å². The summed E-state index contributed by atoms with van der Waals surface area (Å²) in [6.07, 6.45) is 10.5. The van der Waals surface area contributed by atoms with Crippen molar-refractivity contribution in [3.8, 4) is 0 Å². The number of hydrogen-bond donors (Lipinski definition) is 0. The zero-order valence-electron chi connectivity index (χ0n) is 8.08. The van der Waals surface area contributed by atoms with E-state index in [1.54, 1.807) is 6.08 Å². The Morgan fingerprint density at radius 3 is 3.00 bits per heavy atom. The third-order valence-corrected chi connectivity index (χ3v) is 1.99. The molecule has 0 saturated carbocycles. The van der Waals surface area contributed by atoms with Gasteiger partial charge in [-0.25, -0.2) is 4.79 Å². The van der Waals surface area contributed by atoms with Gasteiger partial charge in [-0.3, -0.25) is 0 Å². The molecule has 2 nitrogen and oxygen atoms in total. The van der Waals surface area contributed by atoms with E-state index in [9.17, 15) is 4.79 Å². The van der Waals surface area contributed by atoms with Gasteiger partial charge in [-0.2, -0.15) is 0 Å². The van der Waals surface area contributed by atoms with Crippen LogP contribution in [0.4, 0.5) is 0 Å². The molecule has 0 amide bonds. The Morgan fingerprint density at radius 2 is 2.38 bits per heavy atom. The molecule has 13 heavy (non-hydrogen) atoms. The average Bonchev–Trinajstić information content (AvgIpc) is 2.51. The van der Waals surface area contributed by atoms with Crippen molar-refractivity contribution >= 4 is 5.97 Å². The fraction of sp³-hybridized carbons (Fsp3) is 0.545. The predicted molar refractivity (Wildman–Crippen MR) is 52.3 cm³/mol. The summed E-state index contributed by atoms with van der Waals surface area (Å²) in [6, 6.07) is 0. The maximum atomic E-state index is 10.7. The van der Waals surface area contributed by atoms with E-state index >= 15 is 0 Å². The molecule has 1 aliphatic heterocycles. The molecular formula is C11H16O2. The maximum absolute atomic E-state index is 10.7. The highest BCUT2D eigenvalue weighted by Crippen LogP contribution is 2.08. The van der Waals surface area contributed by atoms with Gasteiger partial charge >= 0.3 is 5.97 Å². The van der Waals surface area contributed by atoms with Crippen molar-refractivity contribution in [3.63, 3.8) is 0 Å². The summed E-state index contributed by atoms with van der Waals surface area (Å²) in [6.45, 7) is 2.64. The summed E-state index contributed by atoms with van der Waals surface area (Å²) in [7, 11) is 0. The fourth-order valence-corrected chi connectivity index (χ4v) is 1.23.